The fourth-order valence-corrected chi connectivity index (χ4v) is 4.26. The Labute approximate surface area is 126 Å². The summed E-state index contributed by atoms with van der Waals surface area (Å²) in [5.41, 5.74) is 0.473. The highest BCUT2D eigenvalue weighted by atomic mass is 32.2. The van der Waals surface area contributed by atoms with Crippen molar-refractivity contribution in [2.45, 2.75) is 45.4 Å². The van der Waals surface area contributed by atoms with Crippen LogP contribution in [-0.2, 0) is 15.8 Å². The van der Waals surface area contributed by atoms with Gasteiger partial charge in [0.25, 0.3) is 0 Å². The summed E-state index contributed by atoms with van der Waals surface area (Å²) in [6, 6.07) is 1.94. The molecule has 0 bridgehead atoms. The molecule has 1 aromatic heterocycles. The van der Waals surface area contributed by atoms with E-state index in [0.29, 0.717) is 30.5 Å². The molecule has 1 fully saturated rings. The molecule has 1 aliphatic heterocycles. The van der Waals surface area contributed by atoms with Crippen LogP contribution in [0, 0.1) is 12.8 Å². The summed E-state index contributed by atoms with van der Waals surface area (Å²) < 4.78 is 31.9. The van der Waals surface area contributed by atoms with E-state index in [0.717, 1.165) is 19.4 Å². The van der Waals surface area contributed by atoms with Crippen molar-refractivity contribution in [2.75, 3.05) is 19.6 Å². The van der Waals surface area contributed by atoms with E-state index in [2.05, 4.69) is 10.5 Å². The van der Waals surface area contributed by atoms with Crippen LogP contribution >= 0.6 is 0 Å². The first-order valence-corrected chi connectivity index (χ1v) is 9.11. The van der Waals surface area contributed by atoms with Gasteiger partial charge in [0.1, 0.15) is 17.2 Å². The van der Waals surface area contributed by atoms with E-state index < -0.39 is 10.0 Å². The van der Waals surface area contributed by atoms with Crippen molar-refractivity contribution in [3.8, 4) is 0 Å². The maximum Gasteiger partial charge on any atom is 0.220 e. The fourth-order valence-electron chi connectivity index (χ4n) is 2.63. The van der Waals surface area contributed by atoms with Gasteiger partial charge in [-0.15, -0.1) is 0 Å². The quantitative estimate of drug-likeness (QED) is 0.826. The lowest BCUT2D eigenvalue weighted by Crippen LogP contribution is -2.43. The first kappa shape index (κ1) is 16.5. The van der Waals surface area contributed by atoms with Crippen LogP contribution in [0.25, 0.3) is 0 Å². The van der Waals surface area contributed by atoms with Crippen LogP contribution < -0.4 is 5.32 Å². The van der Waals surface area contributed by atoms with Gasteiger partial charge in [-0.3, -0.25) is 0 Å². The number of hydrogen-bond acceptors (Lipinski definition) is 5. The molecule has 7 heteroatoms. The zero-order chi connectivity index (χ0) is 15.5. The fraction of sp³-hybridized carbons (Fsp3) is 0.786. The third-order valence-electron chi connectivity index (χ3n) is 3.56. The average molecular weight is 315 g/mol. The van der Waals surface area contributed by atoms with Crippen LogP contribution in [0.2, 0.25) is 0 Å². The van der Waals surface area contributed by atoms with Gasteiger partial charge in [-0.05, 0) is 32.2 Å². The molecule has 0 saturated carbocycles. The summed E-state index contributed by atoms with van der Waals surface area (Å²) in [5, 5.41) is 7.16. The first-order valence-electron chi connectivity index (χ1n) is 7.50. The minimum absolute atomic E-state index is 0.0935. The zero-order valence-electron chi connectivity index (χ0n) is 13.0. The minimum atomic E-state index is -3.37. The molecule has 1 N–H and O–H groups in total. The molecule has 21 heavy (non-hydrogen) atoms. The van der Waals surface area contributed by atoms with Gasteiger partial charge in [0, 0.05) is 25.2 Å². The summed E-state index contributed by atoms with van der Waals surface area (Å²) >= 11 is 0. The Kier molecular flexibility index (Phi) is 5.40. The predicted octanol–water partition coefficient (Wildman–Crippen LogP) is 1.52. The number of aryl methyl sites for hydroxylation is 1. The van der Waals surface area contributed by atoms with Crippen molar-refractivity contribution < 1.29 is 12.9 Å². The van der Waals surface area contributed by atoms with E-state index >= 15 is 0 Å². The smallest absolute Gasteiger partial charge is 0.220 e. The largest absolute Gasteiger partial charge is 0.361 e. The topological polar surface area (TPSA) is 75.4 Å². The Bertz CT molecular complexity index is 548. The molecule has 2 heterocycles. The van der Waals surface area contributed by atoms with Crippen molar-refractivity contribution in [1.29, 1.82) is 0 Å². The van der Waals surface area contributed by atoms with Gasteiger partial charge in [-0.25, -0.2) is 8.42 Å². The molecule has 0 radical (unpaired) electrons. The van der Waals surface area contributed by atoms with Gasteiger partial charge in [-0.1, -0.05) is 19.0 Å². The summed E-state index contributed by atoms with van der Waals surface area (Å²) in [6.45, 7) is 7.88. The minimum Gasteiger partial charge on any atom is -0.361 e. The normalized spacial score (nSPS) is 19.8. The lowest BCUT2D eigenvalue weighted by atomic mass is 10.2. The summed E-state index contributed by atoms with van der Waals surface area (Å²) in [6.07, 6.45) is 2.15. The molecular weight excluding hydrogens is 290 g/mol. The van der Waals surface area contributed by atoms with Crippen molar-refractivity contribution in [3.63, 3.8) is 0 Å². The number of rotatable bonds is 7. The zero-order valence-corrected chi connectivity index (χ0v) is 13.8. The highest BCUT2D eigenvalue weighted by Crippen LogP contribution is 2.16. The number of sulfonamides is 1. The van der Waals surface area contributed by atoms with Gasteiger partial charge in [0.05, 0.1) is 0 Å². The van der Waals surface area contributed by atoms with Crippen LogP contribution in [0.5, 0.6) is 0 Å². The van der Waals surface area contributed by atoms with E-state index in [1.54, 1.807) is 17.3 Å². The average Bonchev–Trinajstić information content (AvgIpc) is 2.99. The molecule has 1 saturated heterocycles. The Morgan fingerprint density at radius 1 is 1.52 bits per heavy atom. The second kappa shape index (κ2) is 6.89. The van der Waals surface area contributed by atoms with E-state index in [-0.39, 0.29) is 11.8 Å². The van der Waals surface area contributed by atoms with Crippen LogP contribution in [0.4, 0.5) is 0 Å². The second-order valence-corrected chi connectivity index (χ2v) is 8.16. The van der Waals surface area contributed by atoms with Crippen LogP contribution in [0.15, 0.2) is 10.6 Å². The van der Waals surface area contributed by atoms with Crippen molar-refractivity contribution in [2.24, 2.45) is 5.92 Å². The Hall–Kier alpha value is -0.920. The molecule has 1 atom stereocenters. The molecule has 1 unspecified atom stereocenters. The van der Waals surface area contributed by atoms with E-state index in [1.807, 2.05) is 13.8 Å². The van der Waals surface area contributed by atoms with E-state index in [4.69, 9.17) is 4.52 Å². The molecule has 1 aliphatic rings. The second-order valence-electron chi connectivity index (χ2n) is 6.19. The standard InChI is InChI=1S/C14H25N3O3S/c1-11(2)8-17(9-13-5-4-6-15-13)21(18,19)10-14-7-12(3)20-16-14/h7,11,13,15H,4-6,8-10H2,1-3H3. The first-order chi connectivity index (χ1) is 9.87. The third-order valence-corrected chi connectivity index (χ3v) is 5.30. The predicted molar refractivity (Wildman–Crippen MR) is 81.3 cm³/mol. The van der Waals surface area contributed by atoms with Crippen LogP contribution in [0.3, 0.4) is 0 Å². The summed E-state index contributed by atoms with van der Waals surface area (Å²) in [5.74, 6) is 0.831. The molecule has 0 amide bonds. The highest BCUT2D eigenvalue weighted by molar-refractivity contribution is 7.88. The van der Waals surface area contributed by atoms with Crippen molar-refractivity contribution >= 4 is 10.0 Å². The molecule has 0 spiro atoms. The van der Waals surface area contributed by atoms with Gasteiger partial charge >= 0.3 is 0 Å². The van der Waals surface area contributed by atoms with E-state index in [1.165, 1.54) is 0 Å². The molecule has 1 aromatic rings. The summed E-state index contributed by atoms with van der Waals surface area (Å²) in [4.78, 5) is 0. The molecule has 120 valence electrons. The molecule has 6 nitrogen and oxygen atoms in total. The molecule has 0 aromatic carbocycles. The number of aromatic nitrogens is 1. The summed E-state index contributed by atoms with van der Waals surface area (Å²) in [7, 11) is -3.37. The SMILES string of the molecule is Cc1cc(CS(=O)(=O)N(CC(C)C)CC2CCCN2)no1. The molecule has 2 rings (SSSR count). The van der Waals surface area contributed by atoms with Crippen LogP contribution in [0.1, 0.15) is 38.1 Å². The third kappa shape index (κ3) is 4.79. The lowest BCUT2D eigenvalue weighted by molar-refractivity contribution is 0.335. The monoisotopic (exact) mass is 315 g/mol. The van der Waals surface area contributed by atoms with Crippen molar-refractivity contribution in [3.05, 3.63) is 17.5 Å². The van der Waals surface area contributed by atoms with Gasteiger partial charge in [0.2, 0.25) is 10.0 Å². The number of nitrogens with zero attached hydrogens (tertiary/aromatic N) is 2. The highest BCUT2D eigenvalue weighted by Gasteiger charge is 2.28. The Morgan fingerprint density at radius 2 is 2.29 bits per heavy atom. The van der Waals surface area contributed by atoms with E-state index in [9.17, 15) is 8.42 Å². The number of hydrogen-bond donors (Lipinski definition) is 1. The molecular formula is C14H25N3O3S. The van der Waals surface area contributed by atoms with Gasteiger partial charge < -0.3 is 9.84 Å². The van der Waals surface area contributed by atoms with Crippen molar-refractivity contribution in [1.82, 2.24) is 14.8 Å². The maximum absolute atomic E-state index is 12.6. The van der Waals surface area contributed by atoms with Gasteiger partial charge in [0.15, 0.2) is 0 Å². The Morgan fingerprint density at radius 3 is 2.81 bits per heavy atom. The van der Waals surface area contributed by atoms with Crippen LogP contribution in [-0.4, -0.2) is 43.6 Å². The molecule has 0 aliphatic carbocycles. The Balaban J connectivity index is 2.09. The number of nitrogens with one attached hydrogen (secondary N) is 1. The maximum atomic E-state index is 12.6. The van der Waals surface area contributed by atoms with Gasteiger partial charge in [-0.2, -0.15) is 4.31 Å². The lowest BCUT2D eigenvalue weighted by Gasteiger charge is -2.26.